The number of hydrogen-bond acceptors (Lipinski definition) is 4. The first-order valence-corrected chi connectivity index (χ1v) is 7.36. The van der Waals surface area contributed by atoms with Gasteiger partial charge in [-0.25, -0.2) is 4.79 Å². The molecule has 0 radical (unpaired) electrons. The summed E-state index contributed by atoms with van der Waals surface area (Å²) in [5.41, 5.74) is 0.499. The predicted molar refractivity (Wildman–Crippen MR) is 81.2 cm³/mol. The number of hydrogen-bond donors (Lipinski definition) is 2. The average Bonchev–Trinajstić information content (AvgIpc) is 3.00. The van der Waals surface area contributed by atoms with Gasteiger partial charge in [-0.15, -0.1) is 0 Å². The highest BCUT2D eigenvalue weighted by Crippen LogP contribution is 2.32. The molecule has 22 heavy (non-hydrogen) atoms. The minimum atomic E-state index is -0.213. The van der Waals surface area contributed by atoms with Gasteiger partial charge in [0.2, 0.25) is 6.79 Å². The molecule has 0 unspecified atom stereocenters. The van der Waals surface area contributed by atoms with Crippen molar-refractivity contribution in [2.45, 2.75) is 13.8 Å². The van der Waals surface area contributed by atoms with Crippen LogP contribution in [0.2, 0.25) is 0 Å². The van der Waals surface area contributed by atoms with Crippen molar-refractivity contribution in [3.8, 4) is 11.5 Å². The number of nitrogens with one attached hydrogen (secondary N) is 2. The number of nitrogens with zero attached hydrogens (tertiary/aromatic N) is 1. The van der Waals surface area contributed by atoms with Crippen molar-refractivity contribution >= 4 is 11.9 Å². The van der Waals surface area contributed by atoms with Gasteiger partial charge in [0.05, 0.1) is 0 Å². The van der Waals surface area contributed by atoms with Crippen molar-refractivity contribution < 1.29 is 19.1 Å². The third-order valence-corrected chi connectivity index (χ3v) is 3.37. The van der Waals surface area contributed by atoms with Crippen LogP contribution in [-0.2, 0) is 0 Å². The average molecular weight is 307 g/mol. The van der Waals surface area contributed by atoms with Crippen molar-refractivity contribution in [3.63, 3.8) is 0 Å². The zero-order valence-electron chi connectivity index (χ0n) is 12.8. The molecule has 0 saturated heterocycles. The van der Waals surface area contributed by atoms with E-state index < -0.39 is 0 Å². The van der Waals surface area contributed by atoms with E-state index in [4.69, 9.17) is 9.47 Å². The smallest absolute Gasteiger partial charge is 0.317 e. The molecular weight excluding hydrogens is 286 g/mol. The zero-order chi connectivity index (χ0) is 15.9. The fraction of sp³-hybridized carbons (Fsp3) is 0.467. The van der Waals surface area contributed by atoms with Gasteiger partial charge in [0.15, 0.2) is 11.5 Å². The van der Waals surface area contributed by atoms with E-state index in [2.05, 4.69) is 10.6 Å². The number of fused-ring (bicyclic) bond motifs is 1. The molecule has 0 aliphatic carbocycles. The van der Waals surface area contributed by atoms with E-state index in [-0.39, 0.29) is 18.7 Å². The second-order valence-corrected chi connectivity index (χ2v) is 4.73. The molecule has 0 atom stereocenters. The molecule has 0 bridgehead atoms. The summed E-state index contributed by atoms with van der Waals surface area (Å²) in [6, 6.07) is 4.91. The lowest BCUT2D eigenvalue weighted by Gasteiger charge is -2.19. The Morgan fingerprint density at radius 2 is 1.77 bits per heavy atom. The van der Waals surface area contributed by atoms with Crippen molar-refractivity contribution in [2.24, 2.45) is 0 Å². The van der Waals surface area contributed by atoms with Crippen LogP contribution in [0, 0.1) is 0 Å². The van der Waals surface area contributed by atoms with Gasteiger partial charge in [-0.3, -0.25) is 4.79 Å². The predicted octanol–water partition coefficient (Wildman–Crippen LogP) is 1.20. The monoisotopic (exact) mass is 307 g/mol. The maximum Gasteiger partial charge on any atom is 0.317 e. The zero-order valence-corrected chi connectivity index (χ0v) is 12.8. The fourth-order valence-electron chi connectivity index (χ4n) is 2.11. The Labute approximate surface area is 129 Å². The summed E-state index contributed by atoms with van der Waals surface area (Å²) < 4.78 is 10.4. The van der Waals surface area contributed by atoms with Crippen LogP contribution in [0.15, 0.2) is 18.2 Å². The molecule has 7 nitrogen and oxygen atoms in total. The molecule has 2 rings (SSSR count). The van der Waals surface area contributed by atoms with Crippen molar-refractivity contribution in [2.75, 3.05) is 33.0 Å². The number of ether oxygens (including phenoxy) is 2. The van der Waals surface area contributed by atoms with Gasteiger partial charge >= 0.3 is 6.03 Å². The Bertz CT molecular complexity index is 544. The first-order chi connectivity index (χ1) is 10.7. The Hall–Kier alpha value is -2.44. The number of carbonyl (C=O) groups is 2. The van der Waals surface area contributed by atoms with Crippen LogP contribution in [-0.4, -0.2) is 49.8 Å². The molecule has 1 aromatic carbocycles. The van der Waals surface area contributed by atoms with E-state index in [1.165, 1.54) is 0 Å². The minimum Gasteiger partial charge on any atom is -0.454 e. The number of urea groups is 1. The van der Waals surface area contributed by atoms with E-state index in [1.807, 2.05) is 13.8 Å². The molecule has 1 aliphatic heterocycles. The third kappa shape index (κ3) is 3.81. The van der Waals surface area contributed by atoms with E-state index in [0.29, 0.717) is 43.2 Å². The maximum absolute atomic E-state index is 12.0. The standard InChI is InChI=1S/C15H21N3O4/c1-3-18(4-2)15(20)17-8-7-16-14(19)11-5-6-12-13(9-11)22-10-21-12/h5-6,9H,3-4,7-8,10H2,1-2H3,(H,16,19)(H,17,20). The van der Waals surface area contributed by atoms with E-state index in [0.717, 1.165) is 0 Å². The lowest BCUT2D eigenvalue weighted by molar-refractivity contribution is 0.0953. The summed E-state index contributed by atoms with van der Waals surface area (Å²) in [6.07, 6.45) is 0. The number of rotatable bonds is 6. The Kier molecular flexibility index (Phi) is 5.46. The van der Waals surface area contributed by atoms with E-state index >= 15 is 0 Å². The van der Waals surface area contributed by atoms with Crippen LogP contribution in [0.1, 0.15) is 24.2 Å². The topological polar surface area (TPSA) is 79.9 Å². The van der Waals surface area contributed by atoms with Crippen LogP contribution in [0.3, 0.4) is 0 Å². The molecule has 1 aliphatic rings. The summed E-state index contributed by atoms with van der Waals surface area (Å²) in [6.45, 7) is 6.08. The molecule has 120 valence electrons. The van der Waals surface area contributed by atoms with Gasteiger partial charge in [0.1, 0.15) is 0 Å². The Balaban J connectivity index is 1.75. The van der Waals surface area contributed by atoms with Crippen LogP contribution in [0.25, 0.3) is 0 Å². The van der Waals surface area contributed by atoms with Gasteiger partial charge < -0.3 is 25.0 Å². The third-order valence-electron chi connectivity index (χ3n) is 3.37. The molecule has 1 aromatic rings. The summed E-state index contributed by atoms with van der Waals surface area (Å²) in [4.78, 5) is 25.4. The minimum absolute atomic E-state index is 0.123. The van der Waals surface area contributed by atoms with Crippen molar-refractivity contribution in [1.29, 1.82) is 0 Å². The number of carbonyl (C=O) groups excluding carboxylic acids is 2. The van der Waals surface area contributed by atoms with Crippen LogP contribution in [0.5, 0.6) is 11.5 Å². The largest absolute Gasteiger partial charge is 0.454 e. The summed E-state index contributed by atoms with van der Waals surface area (Å²) in [7, 11) is 0. The Morgan fingerprint density at radius 1 is 1.09 bits per heavy atom. The van der Waals surface area contributed by atoms with Gasteiger partial charge in [0.25, 0.3) is 5.91 Å². The normalized spacial score (nSPS) is 11.9. The second kappa shape index (κ2) is 7.53. The fourth-order valence-corrected chi connectivity index (χ4v) is 2.11. The first kappa shape index (κ1) is 15.9. The quantitative estimate of drug-likeness (QED) is 0.774. The van der Waals surface area contributed by atoms with Crippen LogP contribution < -0.4 is 20.1 Å². The van der Waals surface area contributed by atoms with E-state index in [1.54, 1.807) is 23.1 Å². The van der Waals surface area contributed by atoms with E-state index in [9.17, 15) is 9.59 Å². The van der Waals surface area contributed by atoms with Gasteiger partial charge in [-0.05, 0) is 32.0 Å². The molecular formula is C15H21N3O4. The molecule has 0 saturated carbocycles. The Morgan fingerprint density at radius 3 is 2.50 bits per heavy atom. The highest BCUT2D eigenvalue weighted by molar-refractivity contribution is 5.94. The molecule has 0 fully saturated rings. The number of amides is 3. The number of benzene rings is 1. The first-order valence-electron chi connectivity index (χ1n) is 7.36. The lowest BCUT2D eigenvalue weighted by Crippen LogP contribution is -2.42. The SMILES string of the molecule is CCN(CC)C(=O)NCCNC(=O)c1ccc2c(c1)OCO2. The summed E-state index contributed by atoms with van der Waals surface area (Å²) in [5, 5.41) is 5.51. The summed E-state index contributed by atoms with van der Waals surface area (Å²) in [5.74, 6) is 1.00. The van der Waals surface area contributed by atoms with Gasteiger partial charge in [0, 0.05) is 31.7 Å². The maximum atomic E-state index is 12.0. The molecule has 0 spiro atoms. The van der Waals surface area contributed by atoms with Crippen molar-refractivity contribution in [1.82, 2.24) is 15.5 Å². The van der Waals surface area contributed by atoms with Gasteiger partial charge in [-0.1, -0.05) is 0 Å². The second-order valence-electron chi connectivity index (χ2n) is 4.73. The highest BCUT2D eigenvalue weighted by atomic mass is 16.7. The molecule has 2 N–H and O–H groups in total. The van der Waals surface area contributed by atoms with Crippen molar-refractivity contribution in [3.05, 3.63) is 23.8 Å². The molecule has 0 aromatic heterocycles. The molecule has 1 heterocycles. The highest BCUT2D eigenvalue weighted by Gasteiger charge is 2.16. The van der Waals surface area contributed by atoms with Gasteiger partial charge in [-0.2, -0.15) is 0 Å². The molecule has 3 amide bonds. The van der Waals surface area contributed by atoms with Crippen LogP contribution in [0.4, 0.5) is 4.79 Å². The molecule has 7 heteroatoms. The van der Waals surface area contributed by atoms with Crippen LogP contribution >= 0.6 is 0 Å². The summed E-state index contributed by atoms with van der Waals surface area (Å²) >= 11 is 0. The lowest BCUT2D eigenvalue weighted by atomic mass is 10.2.